The van der Waals surface area contributed by atoms with Crippen molar-refractivity contribution in [2.45, 2.75) is 13.1 Å². The summed E-state index contributed by atoms with van der Waals surface area (Å²) in [4.78, 5) is 11.4. The maximum atomic E-state index is 12.9. The molecule has 0 atom stereocenters. The van der Waals surface area contributed by atoms with Crippen molar-refractivity contribution in [3.8, 4) is 6.07 Å². The summed E-state index contributed by atoms with van der Waals surface area (Å²) < 4.78 is 43.2. The van der Waals surface area contributed by atoms with Crippen molar-refractivity contribution < 1.29 is 22.7 Å². The summed E-state index contributed by atoms with van der Waals surface area (Å²) in [5.74, 6) is -1.10. The molecule has 1 rings (SSSR count). The highest BCUT2D eigenvalue weighted by atomic mass is 79.9. The van der Waals surface area contributed by atoms with Gasteiger partial charge in [-0.05, 0) is 35.0 Å². The van der Waals surface area contributed by atoms with E-state index in [4.69, 9.17) is 5.26 Å². The number of alkyl halides is 3. The lowest BCUT2D eigenvalue weighted by Gasteiger charge is -2.14. The molecule has 0 fully saturated rings. The van der Waals surface area contributed by atoms with Crippen LogP contribution >= 0.6 is 15.9 Å². The highest BCUT2D eigenvalue weighted by Crippen LogP contribution is 2.37. The number of ether oxygens (including phenoxy) is 1. The fourth-order valence-corrected chi connectivity index (χ4v) is 1.78. The third-order valence-electron chi connectivity index (χ3n) is 2.05. The van der Waals surface area contributed by atoms with Crippen molar-refractivity contribution in [1.29, 1.82) is 5.26 Å². The number of benzene rings is 1. The van der Waals surface area contributed by atoms with E-state index in [-0.39, 0.29) is 11.1 Å². The van der Waals surface area contributed by atoms with Gasteiger partial charge in [0.2, 0.25) is 0 Å². The summed E-state index contributed by atoms with van der Waals surface area (Å²) >= 11 is 2.85. The van der Waals surface area contributed by atoms with Gasteiger partial charge in [0.1, 0.15) is 6.07 Å². The van der Waals surface area contributed by atoms with Gasteiger partial charge in [0, 0.05) is 4.47 Å². The first-order valence-electron chi connectivity index (χ1n) is 4.79. The number of hydrogen-bond donors (Lipinski definition) is 0. The Morgan fingerprint density at radius 2 is 2.11 bits per heavy atom. The Bertz CT molecular complexity index is 520. The van der Waals surface area contributed by atoms with Crippen LogP contribution in [0.3, 0.4) is 0 Å². The Labute approximate surface area is 109 Å². The van der Waals surface area contributed by atoms with Crippen LogP contribution in [0.1, 0.15) is 28.4 Å². The molecule has 0 spiro atoms. The summed E-state index contributed by atoms with van der Waals surface area (Å²) in [6.07, 6.45) is -4.81. The molecule has 1 aromatic rings. The predicted molar refractivity (Wildman–Crippen MR) is 59.8 cm³/mol. The maximum absolute atomic E-state index is 12.9. The first-order chi connectivity index (χ1) is 8.32. The van der Waals surface area contributed by atoms with Crippen LogP contribution in [0, 0.1) is 11.3 Å². The van der Waals surface area contributed by atoms with E-state index in [1.807, 2.05) is 0 Å². The quantitative estimate of drug-likeness (QED) is 0.783. The first-order valence-corrected chi connectivity index (χ1v) is 5.59. The third-order valence-corrected chi connectivity index (χ3v) is 2.71. The number of esters is 1. The molecule has 0 heterocycles. The topological polar surface area (TPSA) is 50.1 Å². The standard InChI is InChI=1S/C11H7BrF3NO2/c1-2-18-10(17)6-3-4-8(12)7(5-16)9(6)11(13,14)15/h3-4H,2H2,1H3. The van der Waals surface area contributed by atoms with E-state index in [1.54, 1.807) is 0 Å². The molecule has 0 unspecified atom stereocenters. The lowest BCUT2D eigenvalue weighted by molar-refractivity contribution is -0.138. The van der Waals surface area contributed by atoms with Gasteiger partial charge in [-0.1, -0.05) is 0 Å². The molecule has 18 heavy (non-hydrogen) atoms. The van der Waals surface area contributed by atoms with Crippen molar-refractivity contribution in [2.24, 2.45) is 0 Å². The molecule has 0 aromatic heterocycles. The lowest BCUT2D eigenvalue weighted by Crippen LogP contribution is -2.17. The normalized spacial score (nSPS) is 10.9. The van der Waals surface area contributed by atoms with E-state index in [0.29, 0.717) is 0 Å². The van der Waals surface area contributed by atoms with Crippen LogP contribution in [0.2, 0.25) is 0 Å². The second-order valence-electron chi connectivity index (χ2n) is 3.17. The zero-order valence-corrected chi connectivity index (χ0v) is 10.7. The molecule has 0 bridgehead atoms. The van der Waals surface area contributed by atoms with Crippen molar-refractivity contribution in [3.63, 3.8) is 0 Å². The molecule has 0 saturated heterocycles. The molecule has 0 saturated carbocycles. The maximum Gasteiger partial charge on any atom is 0.418 e. The number of nitriles is 1. The van der Waals surface area contributed by atoms with Crippen molar-refractivity contribution in [1.82, 2.24) is 0 Å². The van der Waals surface area contributed by atoms with Crippen molar-refractivity contribution in [2.75, 3.05) is 6.61 Å². The fraction of sp³-hybridized carbons (Fsp3) is 0.273. The van der Waals surface area contributed by atoms with Crippen LogP contribution in [0.4, 0.5) is 13.2 Å². The van der Waals surface area contributed by atoms with E-state index in [9.17, 15) is 18.0 Å². The van der Waals surface area contributed by atoms with Crippen LogP contribution in [-0.2, 0) is 10.9 Å². The van der Waals surface area contributed by atoms with Gasteiger partial charge in [-0.3, -0.25) is 0 Å². The molecule has 1 aromatic carbocycles. The zero-order chi connectivity index (χ0) is 13.9. The van der Waals surface area contributed by atoms with Crippen LogP contribution < -0.4 is 0 Å². The second-order valence-corrected chi connectivity index (χ2v) is 4.03. The summed E-state index contributed by atoms with van der Waals surface area (Å²) in [5, 5.41) is 8.77. The molecule has 0 amide bonds. The molecule has 0 aliphatic heterocycles. The highest BCUT2D eigenvalue weighted by Gasteiger charge is 2.39. The zero-order valence-electron chi connectivity index (χ0n) is 9.14. The average Bonchev–Trinajstić information content (AvgIpc) is 2.27. The molecular weight excluding hydrogens is 315 g/mol. The molecule has 0 aliphatic rings. The van der Waals surface area contributed by atoms with Crippen LogP contribution in [-0.4, -0.2) is 12.6 Å². The van der Waals surface area contributed by atoms with Gasteiger partial charge in [-0.25, -0.2) is 4.79 Å². The minimum atomic E-state index is -4.81. The smallest absolute Gasteiger partial charge is 0.418 e. The van der Waals surface area contributed by atoms with Gasteiger partial charge >= 0.3 is 12.1 Å². The van der Waals surface area contributed by atoms with Gasteiger partial charge in [-0.15, -0.1) is 0 Å². The molecular formula is C11H7BrF3NO2. The number of halogens is 4. The monoisotopic (exact) mass is 321 g/mol. The minimum absolute atomic E-state index is 0.0228. The molecule has 0 radical (unpaired) electrons. The second kappa shape index (κ2) is 5.40. The van der Waals surface area contributed by atoms with Crippen LogP contribution in [0.25, 0.3) is 0 Å². The molecule has 0 N–H and O–H groups in total. The summed E-state index contributed by atoms with van der Waals surface area (Å²) in [6, 6.07) is 3.62. The third kappa shape index (κ3) is 2.82. The van der Waals surface area contributed by atoms with Gasteiger partial charge in [0.15, 0.2) is 0 Å². The number of rotatable bonds is 2. The van der Waals surface area contributed by atoms with Crippen LogP contribution in [0.15, 0.2) is 16.6 Å². The SMILES string of the molecule is CCOC(=O)c1ccc(Br)c(C#N)c1C(F)(F)F. The van der Waals surface area contributed by atoms with Crippen molar-refractivity contribution in [3.05, 3.63) is 33.3 Å². The van der Waals surface area contributed by atoms with Gasteiger partial charge < -0.3 is 4.74 Å². The number of carbonyl (C=O) groups excluding carboxylic acids is 1. The summed E-state index contributed by atoms with van der Waals surface area (Å²) in [7, 11) is 0. The Morgan fingerprint density at radius 1 is 1.50 bits per heavy atom. The van der Waals surface area contributed by atoms with E-state index in [2.05, 4.69) is 20.7 Å². The van der Waals surface area contributed by atoms with Gasteiger partial charge in [-0.2, -0.15) is 18.4 Å². The van der Waals surface area contributed by atoms with Gasteiger partial charge in [0.25, 0.3) is 0 Å². The summed E-state index contributed by atoms with van der Waals surface area (Å²) in [6.45, 7) is 1.43. The van der Waals surface area contributed by atoms with Crippen molar-refractivity contribution >= 4 is 21.9 Å². The fourth-order valence-electron chi connectivity index (χ4n) is 1.36. The Morgan fingerprint density at radius 3 is 2.56 bits per heavy atom. The Hall–Kier alpha value is -1.55. The molecule has 7 heteroatoms. The highest BCUT2D eigenvalue weighted by molar-refractivity contribution is 9.10. The Balaban J connectivity index is 3.54. The number of hydrogen-bond acceptors (Lipinski definition) is 3. The molecule has 0 aliphatic carbocycles. The van der Waals surface area contributed by atoms with E-state index >= 15 is 0 Å². The van der Waals surface area contributed by atoms with Gasteiger partial charge in [0.05, 0.1) is 23.3 Å². The summed E-state index contributed by atoms with van der Waals surface area (Å²) in [5.41, 5.74) is -2.57. The minimum Gasteiger partial charge on any atom is -0.462 e. The first kappa shape index (κ1) is 14.5. The van der Waals surface area contributed by atoms with E-state index < -0.39 is 28.8 Å². The number of nitrogens with zero attached hydrogens (tertiary/aromatic N) is 1. The predicted octanol–water partition coefficient (Wildman–Crippen LogP) is 3.52. The van der Waals surface area contributed by atoms with E-state index in [0.717, 1.165) is 6.07 Å². The largest absolute Gasteiger partial charge is 0.462 e. The van der Waals surface area contributed by atoms with E-state index in [1.165, 1.54) is 19.1 Å². The lowest BCUT2D eigenvalue weighted by atomic mass is 10.0. The van der Waals surface area contributed by atoms with Crippen LogP contribution in [0.5, 0.6) is 0 Å². The molecule has 96 valence electrons. The number of carbonyl (C=O) groups is 1. The Kier molecular flexibility index (Phi) is 4.35. The average molecular weight is 322 g/mol. The molecule has 3 nitrogen and oxygen atoms in total.